The normalized spacial score (nSPS) is 15.3. The molecule has 3 aromatic rings. The number of rotatable bonds is 4. The van der Waals surface area contributed by atoms with Crippen molar-refractivity contribution >= 4 is 12.1 Å². The minimum absolute atomic E-state index is 0.159. The molecule has 0 saturated carbocycles. The second-order valence-electron chi connectivity index (χ2n) is 7.65. The first-order chi connectivity index (χ1) is 16.6. The fourth-order valence-corrected chi connectivity index (χ4v) is 3.62. The molecular formula is C29H23NO4. The molecule has 4 rings (SSSR count). The summed E-state index contributed by atoms with van der Waals surface area (Å²) in [5, 5.41) is 0. The Hall–Kier alpha value is -4.48. The molecule has 1 saturated heterocycles. The van der Waals surface area contributed by atoms with Crippen molar-refractivity contribution in [2.24, 2.45) is 0 Å². The number of benzene rings is 3. The number of hydrogen-bond donors (Lipinski definition) is 0. The van der Waals surface area contributed by atoms with Crippen LogP contribution in [0.4, 0.5) is 4.79 Å². The van der Waals surface area contributed by atoms with Gasteiger partial charge in [0, 0.05) is 23.6 Å². The van der Waals surface area contributed by atoms with E-state index in [9.17, 15) is 9.59 Å². The Morgan fingerprint density at radius 1 is 0.971 bits per heavy atom. The molecule has 168 valence electrons. The van der Waals surface area contributed by atoms with Gasteiger partial charge >= 0.3 is 12.1 Å². The van der Waals surface area contributed by atoms with Gasteiger partial charge in [-0.1, -0.05) is 90.6 Å². The average Bonchev–Trinajstić information content (AvgIpc) is 3.23. The van der Waals surface area contributed by atoms with Crippen molar-refractivity contribution in [2.75, 3.05) is 13.2 Å². The van der Waals surface area contributed by atoms with Crippen LogP contribution >= 0.6 is 0 Å². The molecule has 0 spiro atoms. The third-order valence-electron chi connectivity index (χ3n) is 5.28. The van der Waals surface area contributed by atoms with Crippen molar-refractivity contribution in [1.82, 2.24) is 4.90 Å². The first-order valence-electron chi connectivity index (χ1n) is 10.9. The smallest absolute Gasteiger partial charge is 0.411 e. The molecule has 2 atom stereocenters. The van der Waals surface area contributed by atoms with Gasteiger partial charge in [-0.05, 0) is 23.6 Å². The molecule has 1 amide bonds. The molecule has 5 nitrogen and oxygen atoms in total. The maximum absolute atomic E-state index is 12.2. The van der Waals surface area contributed by atoms with E-state index < -0.39 is 12.1 Å². The van der Waals surface area contributed by atoms with Gasteiger partial charge in [0.1, 0.15) is 6.61 Å². The zero-order valence-electron chi connectivity index (χ0n) is 18.7. The quantitative estimate of drug-likeness (QED) is 0.421. The van der Waals surface area contributed by atoms with Gasteiger partial charge in [0.05, 0.1) is 12.6 Å². The van der Waals surface area contributed by atoms with E-state index in [1.807, 2.05) is 84.9 Å². The highest BCUT2D eigenvalue weighted by Gasteiger charge is 2.33. The highest BCUT2D eigenvalue weighted by Crippen LogP contribution is 2.26. The molecule has 1 aliphatic heterocycles. The molecule has 0 N–H and O–H groups in total. The molecular weight excluding hydrogens is 426 g/mol. The largest absolute Gasteiger partial charge is 0.447 e. The Kier molecular flexibility index (Phi) is 7.28. The van der Waals surface area contributed by atoms with Crippen molar-refractivity contribution in [1.29, 1.82) is 0 Å². The Morgan fingerprint density at radius 2 is 1.59 bits per heavy atom. The number of hydrogen-bond acceptors (Lipinski definition) is 4. The SMILES string of the molecule is CC(=O)OC(C#Cc1ccccc1C#CCN1C(=O)OCC1c1ccccc1)c1ccccc1. The third kappa shape index (κ3) is 5.65. The molecule has 34 heavy (non-hydrogen) atoms. The summed E-state index contributed by atoms with van der Waals surface area (Å²) in [6.45, 7) is 1.91. The van der Waals surface area contributed by atoms with Crippen LogP contribution in [0.3, 0.4) is 0 Å². The number of carbonyl (C=O) groups is 2. The lowest BCUT2D eigenvalue weighted by Gasteiger charge is -2.18. The number of esters is 1. The van der Waals surface area contributed by atoms with Gasteiger partial charge in [-0.3, -0.25) is 9.69 Å². The highest BCUT2D eigenvalue weighted by molar-refractivity contribution is 5.71. The van der Waals surface area contributed by atoms with Gasteiger partial charge in [-0.25, -0.2) is 4.79 Å². The lowest BCUT2D eigenvalue weighted by atomic mass is 10.1. The summed E-state index contributed by atoms with van der Waals surface area (Å²) in [5.41, 5.74) is 3.26. The first kappa shape index (κ1) is 22.7. The second-order valence-corrected chi connectivity index (χ2v) is 7.65. The molecule has 5 heteroatoms. The zero-order chi connectivity index (χ0) is 23.8. The van der Waals surface area contributed by atoms with Gasteiger partial charge in [0.25, 0.3) is 0 Å². The Balaban J connectivity index is 1.54. The Morgan fingerprint density at radius 3 is 2.26 bits per heavy atom. The lowest BCUT2D eigenvalue weighted by Crippen LogP contribution is -2.27. The summed E-state index contributed by atoms with van der Waals surface area (Å²) in [5.74, 6) is 12.0. The fourth-order valence-electron chi connectivity index (χ4n) is 3.62. The summed E-state index contributed by atoms with van der Waals surface area (Å²) in [4.78, 5) is 25.4. The van der Waals surface area contributed by atoms with Crippen LogP contribution < -0.4 is 0 Å². The minimum atomic E-state index is -0.675. The molecule has 3 aromatic carbocycles. The van der Waals surface area contributed by atoms with E-state index in [-0.39, 0.29) is 18.7 Å². The molecule has 1 aliphatic rings. The maximum Gasteiger partial charge on any atom is 0.411 e. The van der Waals surface area contributed by atoms with Crippen LogP contribution in [0, 0.1) is 23.7 Å². The van der Waals surface area contributed by atoms with E-state index in [0.717, 1.165) is 16.7 Å². The minimum Gasteiger partial charge on any atom is -0.447 e. The maximum atomic E-state index is 12.2. The monoisotopic (exact) mass is 449 g/mol. The van der Waals surface area contributed by atoms with Crippen LogP contribution in [0.2, 0.25) is 0 Å². The van der Waals surface area contributed by atoms with Crippen molar-refractivity contribution in [3.63, 3.8) is 0 Å². The van der Waals surface area contributed by atoms with Gasteiger partial charge in [0.2, 0.25) is 0 Å². The summed E-state index contributed by atoms with van der Waals surface area (Å²) in [7, 11) is 0. The molecule has 0 aromatic heterocycles. The molecule has 1 heterocycles. The Bertz CT molecular complexity index is 1280. The van der Waals surface area contributed by atoms with Crippen LogP contribution in [-0.4, -0.2) is 30.1 Å². The van der Waals surface area contributed by atoms with Gasteiger partial charge < -0.3 is 9.47 Å². The fraction of sp³-hybridized carbons (Fsp3) is 0.172. The number of ether oxygens (including phenoxy) is 2. The van der Waals surface area contributed by atoms with E-state index in [2.05, 4.69) is 23.7 Å². The topological polar surface area (TPSA) is 55.8 Å². The first-order valence-corrected chi connectivity index (χ1v) is 10.9. The van der Waals surface area contributed by atoms with E-state index >= 15 is 0 Å². The second kappa shape index (κ2) is 10.9. The molecule has 1 fully saturated rings. The van der Waals surface area contributed by atoms with Crippen LogP contribution in [0.1, 0.15) is 41.3 Å². The predicted octanol–water partition coefficient (Wildman–Crippen LogP) is 4.89. The number of nitrogens with zero attached hydrogens (tertiary/aromatic N) is 1. The summed E-state index contributed by atoms with van der Waals surface area (Å²) < 4.78 is 10.7. The van der Waals surface area contributed by atoms with E-state index in [4.69, 9.17) is 9.47 Å². The summed E-state index contributed by atoms with van der Waals surface area (Å²) >= 11 is 0. The van der Waals surface area contributed by atoms with Crippen LogP contribution in [0.5, 0.6) is 0 Å². The van der Waals surface area contributed by atoms with E-state index in [0.29, 0.717) is 12.2 Å². The van der Waals surface area contributed by atoms with Crippen molar-refractivity contribution in [2.45, 2.75) is 19.1 Å². The van der Waals surface area contributed by atoms with Crippen LogP contribution in [0.15, 0.2) is 84.9 Å². The highest BCUT2D eigenvalue weighted by atomic mass is 16.6. The van der Waals surface area contributed by atoms with Gasteiger partial charge in [0.15, 0.2) is 6.10 Å². The predicted molar refractivity (Wildman–Crippen MR) is 128 cm³/mol. The summed E-state index contributed by atoms with van der Waals surface area (Å²) in [6, 6.07) is 26.5. The number of cyclic esters (lactones) is 1. The van der Waals surface area contributed by atoms with Crippen molar-refractivity contribution in [3.05, 3.63) is 107 Å². The van der Waals surface area contributed by atoms with Crippen LogP contribution in [-0.2, 0) is 14.3 Å². The standard InChI is InChI=1S/C29H23NO4/c1-22(31)34-28(26-15-6-3-7-16-26)19-18-24-12-9-8-11-23(24)17-10-20-30-27(21-33-29(30)32)25-13-4-2-5-14-25/h2-9,11-16,27-28H,20-21H2,1H3. The van der Waals surface area contributed by atoms with Crippen molar-refractivity contribution in [3.8, 4) is 23.7 Å². The summed E-state index contributed by atoms with van der Waals surface area (Å²) in [6.07, 6.45) is -1.05. The van der Waals surface area contributed by atoms with Gasteiger partial charge in [-0.2, -0.15) is 0 Å². The molecule has 0 bridgehead atoms. The number of amides is 1. The molecule has 2 unspecified atom stereocenters. The average molecular weight is 450 g/mol. The zero-order valence-corrected chi connectivity index (χ0v) is 18.7. The van der Waals surface area contributed by atoms with Crippen molar-refractivity contribution < 1.29 is 19.1 Å². The molecule has 0 aliphatic carbocycles. The van der Waals surface area contributed by atoms with E-state index in [1.54, 1.807) is 4.90 Å². The van der Waals surface area contributed by atoms with Crippen LogP contribution in [0.25, 0.3) is 0 Å². The molecule has 0 radical (unpaired) electrons. The lowest BCUT2D eigenvalue weighted by molar-refractivity contribution is -0.144. The Labute approximate surface area is 199 Å². The third-order valence-corrected chi connectivity index (χ3v) is 5.28. The number of carbonyl (C=O) groups excluding carboxylic acids is 2. The van der Waals surface area contributed by atoms with E-state index in [1.165, 1.54) is 6.92 Å². The van der Waals surface area contributed by atoms with Gasteiger partial charge in [-0.15, -0.1) is 0 Å².